The topological polar surface area (TPSA) is 176 Å². The van der Waals surface area contributed by atoms with Gasteiger partial charge in [-0.25, -0.2) is 14.4 Å². The molecule has 0 aromatic heterocycles. The van der Waals surface area contributed by atoms with E-state index in [1.165, 1.54) is 24.3 Å². The van der Waals surface area contributed by atoms with Gasteiger partial charge in [0.25, 0.3) is 0 Å². The molecule has 1 aliphatic carbocycles. The van der Waals surface area contributed by atoms with Gasteiger partial charge in [0, 0.05) is 43.0 Å². The van der Waals surface area contributed by atoms with E-state index in [1.807, 2.05) is 0 Å². The minimum atomic E-state index is -0.981. The number of cyclic esters (lactones) is 1. The second-order valence-electron chi connectivity index (χ2n) is 10.7. The highest BCUT2D eigenvalue weighted by Crippen LogP contribution is 2.32. The number of esters is 3. The van der Waals surface area contributed by atoms with E-state index in [4.69, 9.17) is 28.8 Å². The summed E-state index contributed by atoms with van der Waals surface area (Å²) >= 11 is 0. The van der Waals surface area contributed by atoms with Gasteiger partial charge in [0.1, 0.15) is 31.7 Å². The molecule has 42 heavy (non-hydrogen) atoms. The van der Waals surface area contributed by atoms with Gasteiger partial charge in [0.15, 0.2) is 0 Å². The number of ether oxygens (including phenoxy) is 5. The predicted molar refractivity (Wildman–Crippen MR) is 144 cm³/mol. The minimum Gasteiger partial charge on any atom is -0.462 e. The van der Waals surface area contributed by atoms with E-state index in [0.717, 1.165) is 0 Å². The molecule has 4 atom stereocenters. The van der Waals surface area contributed by atoms with Gasteiger partial charge < -0.3 is 39.4 Å². The van der Waals surface area contributed by atoms with E-state index < -0.39 is 53.6 Å². The molecule has 2 amide bonds. The third kappa shape index (κ3) is 7.81. The molecule has 1 aromatic carbocycles. The van der Waals surface area contributed by atoms with Crippen molar-refractivity contribution in [2.75, 3.05) is 33.1 Å². The van der Waals surface area contributed by atoms with E-state index in [-0.39, 0.29) is 57.4 Å². The van der Waals surface area contributed by atoms with Crippen molar-refractivity contribution in [3.63, 3.8) is 0 Å². The highest BCUT2D eigenvalue weighted by atomic mass is 16.7. The van der Waals surface area contributed by atoms with Gasteiger partial charge >= 0.3 is 17.9 Å². The van der Waals surface area contributed by atoms with Crippen molar-refractivity contribution < 1.29 is 52.8 Å². The molecule has 226 valence electrons. The third-order valence-electron chi connectivity index (χ3n) is 6.92. The summed E-state index contributed by atoms with van der Waals surface area (Å²) in [6.07, 6.45) is 1.53. The van der Waals surface area contributed by atoms with Crippen LogP contribution in [0.15, 0.2) is 42.0 Å². The number of aliphatic hydroxyl groups is 1. The summed E-state index contributed by atoms with van der Waals surface area (Å²) in [4.78, 5) is 61.4. The Balaban J connectivity index is 1.30. The summed E-state index contributed by atoms with van der Waals surface area (Å²) in [5.41, 5.74) is 0.580. The molecule has 2 fully saturated rings. The zero-order valence-corrected chi connectivity index (χ0v) is 23.3. The number of fused-ring (bicyclic) bond motifs is 1. The molecule has 13 heteroatoms. The number of benzene rings is 1. The van der Waals surface area contributed by atoms with Crippen LogP contribution in [0.3, 0.4) is 0 Å². The SMILES string of the molecule is CC1(C)COC(=O)[C@@H]1OC(=O)C=Cc1ccc(C(=O)O[C@@H]2CC(C(=O)NCCC(=O)NCCO)=C[C@H]3OCO[C@H]32)cc1. The third-order valence-corrected chi connectivity index (χ3v) is 6.92. The second-order valence-corrected chi connectivity index (χ2v) is 10.7. The highest BCUT2D eigenvalue weighted by Gasteiger charge is 2.46. The molecule has 0 spiro atoms. The molecule has 3 aliphatic rings. The number of carbonyl (C=O) groups is 5. The van der Waals surface area contributed by atoms with Gasteiger partial charge in [-0.1, -0.05) is 26.0 Å². The average molecular weight is 587 g/mol. The molecule has 0 unspecified atom stereocenters. The van der Waals surface area contributed by atoms with Crippen LogP contribution in [0, 0.1) is 5.41 Å². The maximum atomic E-state index is 12.9. The fourth-order valence-electron chi connectivity index (χ4n) is 4.60. The molecule has 0 bridgehead atoms. The molecule has 2 heterocycles. The number of hydrogen-bond donors (Lipinski definition) is 3. The molecule has 2 aliphatic heterocycles. The van der Waals surface area contributed by atoms with Crippen LogP contribution in [0.2, 0.25) is 0 Å². The molecule has 1 aromatic rings. The van der Waals surface area contributed by atoms with Gasteiger partial charge in [-0.05, 0) is 29.8 Å². The summed E-state index contributed by atoms with van der Waals surface area (Å²) in [5.74, 6) is -2.62. The molecular weight excluding hydrogens is 552 g/mol. The predicted octanol–water partition coefficient (Wildman–Crippen LogP) is 0.406. The van der Waals surface area contributed by atoms with Crippen molar-refractivity contribution in [2.24, 2.45) is 5.41 Å². The van der Waals surface area contributed by atoms with Crippen LogP contribution in [-0.2, 0) is 42.9 Å². The molecule has 0 saturated carbocycles. The van der Waals surface area contributed by atoms with E-state index in [2.05, 4.69) is 10.6 Å². The highest BCUT2D eigenvalue weighted by molar-refractivity contribution is 5.95. The lowest BCUT2D eigenvalue weighted by molar-refractivity contribution is -0.159. The number of aliphatic hydroxyl groups excluding tert-OH is 1. The first kappa shape index (κ1) is 30.9. The lowest BCUT2D eigenvalue weighted by atomic mass is 9.90. The normalized spacial score (nSPS) is 24.4. The summed E-state index contributed by atoms with van der Waals surface area (Å²) in [6, 6.07) is 6.29. The van der Waals surface area contributed by atoms with E-state index in [9.17, 15) is 24.0 Å². The van der Waals surface area contributed by atoms with E-state index in [1.54, 1.807) is 32.1 Å². The molecule has 2 saturated heterocycles. The Bertz CT molecular complexity index is 1250. The van der Waals surface area contributed by atoms with Gasteiger partial charge in [-0.2, -0.15) is 0 Å². The first-order valence-corrected chi connectivity index (χ1v) is 13.5. The Morgan fingerprint density at radius 1 is 1.07 bits per heavy atom. The van der Waals surface area contributed by atoms with Gasteiger partial charge in [-0.3, -0.25) is 9.59 Å². The van der Waals surface area contributed by atoms with Crippen LogP contribution in [0.5, 0.6) is 0 Å². The van der Waals surface area contributed by atoms with Gasteiger partial charge in [0.05, 0.1) is 12.2 Å². The Kier molecular flexibility index (Phi) is 10.1. The minimum absolute atomic E-state index is 0.0112. The van der Waals surface area contributed by atoms with Crippen molar-refractivity contribution in [1.82, 2.24) is 10.6 Å². The second kappa shape index (κ2) is 13.7. The first-order valence-electron chi connectivity index (χ1n) is 13.5. The van der Waals surface area contributed by atoms with Crippen molar-refractivity contribution in [1.29, 1.82) is 0 Å². The number of rotatable bonds is 11. The zero-order valence-electron chi connectivity index (χ0n) is 23.3. The largest absolute Gasteiger partial charge is 0.462 e. The Labute approximate surface area is 242 Å². The van der Waals surface area contributed by atoms with Crippen LogP contribution in [0.25, 0.3) is 6.08 Å². The fourth-order valence-corrected chi connectivity index (χ4v) is 4.60. The van der Waals surface area contributed by atoms with Crippen LogP contribution in [0.4, 0.5) is 0 Å². The maximum Gasteiger partial charge on any atom is 0.348 e. The van der Waals surface area contributed by atoms with Crippen molar-refractivity contribution >= 4 is 35.8 Å². The van der Waals surface area contributed by atoms with Crippen molar-refractivity contribution in [3.8, 4) is 0 Å². The lowest BCUT2D eigenvalue weighted by Crippen LogP contribution is -2.43. The van der Waals surface area contributed by atoms with Crippen molar-refractivity contribution in [2.45, 2.75) is 51.1 Å². The van der Waals surface area contributed by atoms with Crippen LogP contribution in [-0.4, -0.2) is 92.3 Å². The zero-order chi connectivity index (χ0) is 30.3. The van der Waals surface area contributed by atoms with Crippen molar-refractivity contribution in [3.05, 3.63) is 53.1 Å². The quantitative estimate of drug-likeness (QED) is 0.186. The maximum absolute atomic E-state index is 12.9. The monoisotopic (exact) mass is 586 g/mol. The average Bonchev–Trinajstić information content (AvgIpc) is 3.55. The molecule has 3 N–H and O–H groups in total. The van der Waals surface area contributed by atoms with Crippen LogP contribution < -0.4 is 10.6 Å². The number of hydrogen-bond acceptors (Lipinski definition) is 11. The standard InChI is InChI=1S/C29H34N2O11/c1-29(2)15-38-28(37)25(29)42-23(34)8-5-17-3-6-18(7-4-17)27(36)41-21-14-19(13-20-24(21)40-16-39-20)26(35)31-10-9-22(33)30-11-12-32/h3-8,13,20-21,24-25,32H,9-12,14-16H2,1-2H3,(H,30,33)(H,31,35)/t20-,21-,24-,25+/m1/s1. The Morgan fingerprint density at radius 3 is 2.52 bits per heavy atom. The van der Waals surface area contributed by atoms with Gasteiger partial charge in [-0.15, -0.1) is 0 Å². The number of amides is 2. The van der Waals surface area contributed by atoms with E-state index in [0.29, 0.717) is 11.1 Å². The lowest BCUT2D eigenvalue weighted by Gasteiger charge is -2.30. The summed E-state index contributed by atoms with van der Waals surface area (Å²) in [5, 5.41) is 13.9. The Hall–Kier alpha value is -4.07. The molecular formula is C29H34N2O11. The number of carbonyl (C=O) groups excluding carboxylic acids is 5. The summed E-state index contributed by atoms with van der Waals surface area (Å²) < 4.78 is 27.1. The Morgan fingerprint density at radius 2 is 1.83 bits per heavy atom. The molecule has 0 radical (unpaired) electrons. The molecule has 13 nitrogen and oxygen atoms in total. The van der Waals surface area contributed by atoms with E-state index >= 15 is 0 Å². The van der Waals surface area contributed by atoms with Gasteiger partial charge in [0.2, 0.25) is 17.9 Å². The van der Waals surface area contributed by atoms with Crippen LogP contribution >= 0.6 is 0 Å². The summed E-state index contributed by atoms with van der Waals surface area (Å²) in [7, 11) is 0. The fraction of sp³-hybridized carbons (Fsp3) is 0.483. The number of nitrogens with one attached hydrogen (secondary N) is 2. The molecule has 4 rings (SSSR count). The first-order chi connectivity index (χ1) is 20.1. The van der Waals surface area contributed by atoms with Crippen LogP contribution in [0.1, 0.15) is 42.6 Å². The summed E-state index contributed by atoms with van der Waals surface area (Å²) in [6.45, 7) is 3.76. The smallest absolute Gasteiger partial charge is 0.348 e.